The molecule has 3 aliphatic rings. The van der Waals surface area contributed by atoms with Crippen molar-refractivity contribution < 1.29 is 23.9 Å². The number of carbonyl (C=O) groups is 3. The van der Waals surface area contributed by atoms with Crippen molar-refractivity contribution in [1.29, 1.82) is 0 Å². The summed E-state index contributed by atoms with van der Waals surface area (Å²) in [5, 5.41) is 3.09. The molecule has 0 unspecified atom stereocenters. The standard InChI is InChI=1S/C38H34N2O5/c1-21-10-13-24(14-11-21)35(41)34-33(36(42)27-20-25(44-4)15-17-31(27)45-5)38(28-8-6-7-9-29(28)39-37(38)43)32-19-23(3)26-18-22(2)12-16-30(26)40(32)34/h6-20,32-34H,1-5H3,(H,39,43)/t32-,33-,34-,38-/m1/s1. The van der Waals surface area contributed by atoms with Crippen molar-refractivity contribution in [2.24, 2.45) is 5.92 Å². The third kappa shape index (κ3) is 4.06. The molecule has 1 saturated heterocycles. The summed E-state index contributed by atoms with van der Waals surface area (Å²) in [6.07, 6.45) is 2.06. The molecule has 4 atom stereocenters. The monoisotopic (exact) mass is 598 g/mol. The third-order valence-electron chi connectivity index (χ3n) is 9.69. The van der Waals surface area contributed by atoms with Crippen molar-refractivity contribution in [2.75, 3.05) is 24.4 Å². The van der Waals surface area contributed by atoms with E-state index in [9.17, 15) is 9.59 Å². The molecule has 1 amide bonds. The van der Waals surface area contributed by atoms with Crippen molar-refractivity contribution in [1.82, 2.24) is 0 Å². The Hall–Kier alpha value is -5.17. The van der Waals surface area contributed by atoms with Gasteiger partial charge in [0.25, 0.3) is 0 Å². The molecule has 7 rings (SSSR count). The normalized spacial score (nSPS) is 22.7. The molecule has 1 fully saturated rings. The van der Waals surface area contributed by atoms with Crippen LogP contribution < -0.4 is 19.7 Å². The minimum atomic E-state index is -1.42. The fourth-order valence-electron chi connectivity index (χ4n) is 7.61. The second kappa shape index (κ2) is 10.5. The van der Waals surface area contributed by atoms with E-state index >= 15 is 4.79 Å². The van der Waals surface area contributed by atoms with E-state index in [0.717, 1.165) is 28.0 Å². The van der Waals surface area contributed by atoms with Gasteiger partial charge in [0.2, 0.25) is 5.91 Å². The van der Waals surface area contributed by atoms with Gasteiger partial charge in [-0.2, -0.15) is 0 Å². The van der Waals surface area contributed by atoms with Crippen molar-refractivity contribution in [2.45, 2.75) is 38.3 Å². The van der Waals surface area contributed by atoms with Crippen LogP contribution in [0, 0.1) is 19.8 Å². The van der Waals surface area contributed by atoms with Crippen LogP contribution >= 0.6 is 0 Å². The molecule has 7 heteroatoms. The molecule has 3 aliphatic heterocycles. The Morgan fingerprint density at radius 3 is 2.29 bits per heavy atom. The van der Waals surface area contributed by atoms with Crippen molar-refractivity contribution in [3.05, 3.63) is 124 Å². The summed E-state index contributed by atoms with van der Waals surface area (Å²) < 4.78 is 11.2. The topological polar surface area (TPSA) is 84.9 Å². The minimum absolute atomic E-state index is 0.228. The summed E-state index contributed by atoms with van der Waals surface area (Å²) in [7, 11) is 3.04. The number of allylic oxidation sites excluding steroid dienone is 1. The van der Waals surface area contributed by atoms with Crippen LogP contribution in [0.4, 0.5) is 11.4 Å². The summed E-state index contributed by atoms with van der Waals surface area (Å²) in [4.78, 5) is 46.9. The summed E-state index contributed by atoms with van der Waals surface area (Å²) in [6.45, 7) is 6.02. The van der Waals surface area contributed by atoms with E-state index < -0.39 is 23.4 Å². The predicted molar refractivity (Wildman–Crippen MR) is 175 cm³/mol. The summed E-state index contributed by atoms with van der Waals surface area (Å²) >= 11 is 0. The Morgan fingerprint density at radius 1 is 0.822 bits per heavy atom. The van der Waals surface area contributed by atoms with E-state index in [1.165, 1.54) is 14.2 Å². The van der Waals surface area contributed by atoms with E-state index in [1.807, 2.05) is 74.2 Å². The lowest BCUT2D eigenvalue weighted by atomic mass is 9.63. The lowest BCUT2D eigenvalue weighted by Crippen LogP contribution is -2.51. The van der Waals surface area contributed by atoms with Gasteiger partial charge in [0, 0.05) is 22.5 Å². The molecule has 0 radical (unpaired) electrons. The molecular formula is C38H34N2O5. The van der Waals surface area contributed by atoms with E-state index in [2.05, 4.69) is 17.5 Å². The number of ether oxygens (including phenoxy) is 2. The predicted octanol–water partition coefficient (Wildman–Crippen LogP) is 6.57. The highest BCUT2D eigenvalue weighted by molar-refractivity contribution is 6.19. The van der Waals surface area contributed by atoms with Crippen LogP contribution in [-0.2, 0) is 10.2 Å². The number of anilines is 2. The fourth-order valence-corrected chi connectivity index (χ4v) is 7.61. The number of rotatable bonds is 6. The van der Waals surface area contributed by atoms with Crippen LogP contribution in [0.5, 0.6) is 11.5 Å². The Kier molecular flexibility index (Phi) is 6.66. The minimum Gasteiger partial charge on any atom is -0.497 e. The zero-order valence-corrected chi connectivity index (χ0v) is 25.9. The maximum atomic E-state index is 15.3. The number of carbonyl (C=O) groups excluding carboxylic acids is 3. The lowest BCUT2D eigenvalue weighted by Gasteiger charge is -2.39. The molecule has 1 N–H and O–H groups in total. The molecule has 4 aromatic carbocycles. The Bertz CT molecular complexity index is 1930. The van der Waals surface area contributed by atoms with Gasteiger partial charge in [0.15, 0.2) is 11.6 Å². The molecule has 3 heterocycles. The fraction of sp³-hybridized carbons (Fsp3) is 0.237. The second-order valence-electron chi connectivity index (χ2n) is 12.2. The molecule has 0 aliphatic carbocycles. The number of aryl methyl sites for hydroxylation is 2. The highest BCUT2D eigenvalue weighted by Crippen LogP contribution is 2.59. The maximum absolute atomic E-state index is 15.3. The number of hydrogen-bond donors (Lipinski definition) is 1. The number of methoxy groups -OCH3 is 2. The van der Waals surface area contributed by atoms with Gasteiger partial charge in [-0.3, -0.25) is 14.4 Å². The first-order valence-electron chi connectivity index (χ1n) is 15.1. The van der Waals surface area contributed by atoms with E-state index in [4.69, 9.17) is 9.47 Å². The van der Waals surface area contributed by atoms with Crippen LogP contribution in [0.2, 0.25) is 0 Å². The number of amides is 1. The van der Waals surface area contributed by atoms with E-state index in [-0.39, 0.29) is 23.0 Å². The Balaban J connectivity index is 1.57. The zero-order chi connectivity index (χ0) is 31.6. The largest absolute Gasteiger partial charge is 0.497 e. The van der Waals surface area contributed by atoms with Gasteiger partial charge < -0.3 is 19.7 Å². The number of para-hydroxylation sites is 1. The first kappa shape index (κ1) is 28.6. The molecular weight excluding hydrogens is 564 g/mol. The van der Waals surface area contributed by atoms with Crippen LogP contribution in [0.3, 0.4) is 0 Å². The summed E-state index contributed by atoms with van der Waals surface area (Å²) in [6, 6.07) is 24.4. The quantitative estimate of drug-likeness (QED) is 0.253. The van der Waals surface area contributed by atoms with Crippen LogP contribution in [0.1, 0.15) is 49.9 Å². The highest BCUT2D eigenvalue weighted by Gasteiger charge is 2.70. The third-order valence-corrected chi connectivity index (χ3v) is 9.69. The van der Waals surface area contributed by atoms with Gasteiger partial charge in [0.05, 0.1) is 31.7 Å². The molecule has 7 nitrogen and oxygen atoms in total. The van der Waals surface area contributed by atoms with E-state index in [1.54, 1.807) is 30.3 Å². The average molecular weight is 599 g/mol. The number of nitrogens with one attached hydrogen (secondary N) is 1. The maximum Gasteiger partial charge on any atom is 0.238 e. The first-order valence-corrected chi connectivity index (χ1v) is 15.1. The number of Topliss-reactive ketones (excluding diaryl/α,β-unsaturated/α-hetero) is 2. The average Bonchev–Trinajstić information content (AvgIpc) is 3.52. The molecule has 4 aromatic rings. The number of nitrogens with zero attached hydrogens (tertiary/aromatic N) is 1. The number of fused-ring (bicyclic) bond motifs is 6. The van der Waals surface area contributed by atoms with Gasteiger partial charge in [0.1, 0.15) is 23.0 Å². The van der Waals surface area contributed by atoms with Crippen molar-refractivity contribution in [3.8, 4) is 11.5 Å². The smallest absolute Gasteiger partial charge is 0.238 e. The zero-order valence-electron chi connectivity index (χ0n) is 25.9. The molecule has 45 heavy (non-hydrogen) atoms. The Morgan fingerprint density at radius 2 is 1.56 bits per heavy atom. The first-order chi connectivity index (χ1) is 21.7. The molecule has 0 aromatic heterocycles. The lowest BCUT2D eigenvalue weighted by molar-refractivity contribution is -0.121. The number of benzene rings is 4. The Labute approximate surface area is 262 Å². The van der Waals surface area contributed by atoms with Gasteiger partial charge in [-0.25, -0.2) is 0 Å². The number of ketones is 2. The van der Waals surface area contributed by atoms with Gasteiger partial charge in [-0.05, 0) is 68.3 Å². The van der Waals surface area contributed by atoms with Gasteiger partial charge in [-0.15, -0.1) is 0 Å². The molecule has 0 bridgehead atoms. The van der Waals surface area contributed by atoms with E-state index in [0.29, 0.717) is 28.3 Å². The summed E-state index contributed by atoms with van der Waals surface area (Å²) in [5.41, 5.74) is 5.52. The second-order valence-corrected chi connectivity index (χ2v) is 12.2. The van der Waals surface area contributed by atoms with Gasteiger partial charge in [-0.1, -0.05) is 65.7 Å². The molecule has 1 spiro atoms. The summed E-state index contributed by atoms with van der Waals surface area (Å²) in [5.74, 6) is -1.20. The SMILES string of the molecule is COc1ccc(OC)c(C(=O)[C@H]2[C@H](C(=O)c3ccc(C)cc3)N3c4ccc(C)cc4C(C)=C[C@@H]3[C@@]23C(=O)Nc2ccccc23)c1. The van der Waals surface area contributed by atoms with Crippen molar-refractivity contribution >= 4 is 34.4 Å². The molecule has 226 valence electrons. The van der Waals surface area contributed by atoms with Crippen LogP contribution in [-0.4, -0.2) is 43.8 Å². The van der Waals surface area contributed by atoms with Crippen LogP contribution in [0.25, 0.3) is 5.57 Å². The van der Waals surface area contributed by atoms with Crippen molar-refractivity contribution in [3.63, 3.8) is 0 Å². The molecule has 0 saturated carbocycles. The number of hydrogen-bond acceptors (Lipinski definition) is 6. The van der Waals surface area contributed by atoms with Gasteiger partial charge >= 0.3 is 0 Å². The highest BCUT2D eigenvalue weighted by atomic mass is 16.5. The van der Waals surface area contributed by atoms with Crippen LogP contribution in [0.15, 0.2) is 91.0 Å².